The lowest BCUT2D eigenvalue weighted by atomic mass is 9.98. The van der Waals surface area contributed by atoms with E-state index >= 15 is 0 Å². The number of rotatable bonds is 10. The first kappa shape index (κ1) is 23.3. The topological polar surface area (TPSA) is 134 Å². The van der Waals surface area contributed by atoms with E-state index in [0.717, 1.165) is 0 Å². The lowest BCUT2D eigenvalue weighted by Crippen LogP contribution is -2.59. The first-order valence-corrected chi connectivity index (χ1v) is 8.77. The highest BCUT2D eigenvalue weighted by atomic mass is 16.3. The van der Waals surface area contributed by atoms with Crippen LogP contribution in [-0.2, 0) is 14.4 Å². The van der Waals surface area contributed by atoms with E-state index in [1.165, 1.54) is 0 Å². The third-order valence-corrected chi connectivity index (χ3v) is 3.93. The maximum Gasteiger partial charge on any atom is 0.243 e. The Morgan fingerprint density at radius 3 is 1.64 bits per heavy atom. The van der Waals surface area contributed by atoms with E-state index in [-0.39, 0.29) is 36.8 Å². The summed E-state index contributed by atoms with van der Waals surface area (Å²) in [6.07, 6.45) is 0. The summed E-state index contributed by atoms with van der Waals surface area (Å²) in [6.45, 7) is 10.8. The van der Waals surface area contributed by atoms with Crippen LogP contribution >= 0.6 is 0 Å². The third-order valence-electron chi connectivity index (χ3n) is 3.93. The molecule has 0 spiro atoms. The van der Waals surface area contributed by atoms with Gasteiger partial charge in [-0.2, -0.15) is 0 Å². The van der Waals surface area contributed by atoms with Gasteiger partial charge in [-0.15, -0.1) is 0 Å². The minimum absolute atomic E-state index is 0.0523. The first-order valence-electron chi connectivity index (χ1n) is 8.77. The Morgan fingerprint density at radius 2 is 1.24 bits per heavy atom. The number of carbonyl (C=O) groups is 3. The highest BCUT2D eigenvalue weighted by Gasteiger charge is 2.31. The quantitative estimate of drug-likeness (QED) is 0.354. The number of carbonyl (C=O) groups excluding carboxylic acids is 3. The molecule has 0 aromatic carbocycles. The van der Waals surface area contributed by atoms with E-state index in [4.69, 9.17) is 10.8 Å². The molecule has 0 saturated carbocycles. The van der Waals surface area contributed by atoms with Crippen LogP contribution in [0.2, 0.25) is 0 Å². The van der Waals surface area contributed by atoms with Crippen LogP contribution in [0.3, 0.4) is 0 Å². The van der Waals surface area contributed by atoms with Crippen molar-refractivity contribution in [1.29, 1.82) is 0 Å². The van der Waals surface area contributed by atoms with E-state index in [1.54, 1.807) is 13.8 Å². The van der Waals surface area contributed by atoms with Crippen LogP contribution in [0.4, 0.5) is 0 Å². The molecular formula is C17H34N4O4. The molecule has 0 heterocycles. The Morgan fingerprint density at radius 1 is 0.800 bits per heavy atom. The van der Waals surface area contributed by atoms with Gasteiger partial charge in [0.15, 0.2) is 0 Å². The summed E-state index contributed by atoms with van der Waals surface area (Å²) in [4.78, 5) is 36.9. The molecule has 0 aliphatic carbocycles. The molecule has 0 aliphatic heterocycles. The molecule has 3 amide bonds. The summed E-state index contributed by atoms with van der Waals surface area (Å²) in [5.41, 5.74) is 5.83. The lowest BCUT2D eigenvalue weighted by Gasteiger charge is -2.28. The number of hydrogen-bond acceptors (Lipinski definition) is 5. The second kappa shape index (κ2) is 11.0. The van der Waals surface area contributed by atoms with Gasteiger partial charge < -0.3 is 26.8 Å². The monoisotopic (exact) mass is 358 g/mol. The smallest absolute Gasteiger partial charge is 0.243 e. The molecule has 0 bridgehead atoms. The van der Waals surface area contributed by atoms with Gasteiger partial charge in [0, 0.05) is 6.54 Å². The zero-order valence-corrected chi connectivity index (χ0v) is 16.1. The molecule has 0 aliphatic rings. The second-order valence-electron chi connectivity index (χ2n) is 7.24. The summed E-state index contributed by atoms with van der Waals surface area (Å²) in [7, 11) is 0. The van der Waals surface area contributed by atoms with Crippen LogP contribution in [0, 0.1) is 17.8 Å². The van der Waals surface area contributed by atoms with Crippen molar-refractivity contribution < 1.29 is 19.5 Å². The molecule has 0 aromatic rings. The highest BCUT2D eigenvalue weighted by Crippen LogP contribution is 2.08. The fourth-order valence-corrected chi connectivity index (χ4v) is 2.15. The fraction of sp³-hybridized carbons (Fsp3) is 0.824. The van der Waals surface area contributed by atoms with Gasteiger partial charge in [0.2, 0.25) is 17.7 Å². The predicted octanol–water partition coefficient (Wildman–Crippen LogP) is -0.640. The van der Waals surface area contributed by atoms with Gasteiger partial charge in [-0.25, -0.2) is 0 Å². The molecule has 6 N–H and O–H groups in total. The Kier molecular flexibility index (Phi) is 10.3. The SMILES string of the molecule is CC(C)[C@H](N)C(=O)N[C@H](C(=O)N[C@H](C(=O)NCCO)C(C)C)C(C)C. The van der Waals surface area contributed by atoms with Gasteiger partial charge >= 0.3 is 0 Å². The molecule has 25 heavy (non-hydrogen) atoms. The van der Waals surface area contributed by atoms with Crippen LogP contribution in [0.1, 0.15) is 41.5 Å². The van der Waals surface area contributed by atoms with E-state index < -0.39 is 29.9 Å². The average Bonchev–Trinajstić information content (AvgIpc) is 2.53. The third kappa shape index (κ3) is 7.83. The molecule has 146 valence electrons. The average molecular weight is 358 g/mol. The van der Waals surface area contributed by atoms with Crippen molar-refractivity contribution in [2.45, 2.75) is 59.7 Å². The van der Waals surface area contributed by atoms with Crippen molar-refractivity contribution >= 4 is 17.7 Å². The summed E-state index contributed by atoms with van der Waals surface area (Å²) in [5.74, 6) is -1.57. The molecule has 8 nitrogen and oxygen atoms in total. The fourth-order valence-electron chi connectivity index (χ4n) is 2.15. The first-order chi connectivity index (χ1) is 11.5. The van der Waals surface area contributed by atoms with Crippen molar-refractivity contribution in [3.05, 3.63) is 0 Å². The lowest BCUT2D eigenvalue weighted by molar-refractivity contribution is -0.134. The van der Waals surface area contributed by atoms with Crippen LogP contribution < -0.4 is 21.7 Å². The maximum atomic E-state index is 12.6. The summed E-state index contributed by atoms with van der Waals surface area (Å²) < 4.78 is 0. The summed E-state index contributed by atoms with van der Waals surface area (Å²) in [6, 6.07) is -2.25. The van der Waals surface area contributed by atoms with Crippen LogP contribution in [0.15, 0.2) is 0 Å². The van der Waals surface area contributed by atoms with Gasteiger partial charge in [0.1, 0.15) is 12.1 Å². The molecule has 0 rings (SSSR count). The van der Waals surface area contributed by atoms with Crippen molar-refractivity contribution in [2.24, 2.45) is 23.5 Å². The molecular weight excluding hydrogens is 324 g/mol. The molecule has 0 radical (unpaired) electrons. The van der Waals surface area contributed by atoms with Crippen LogP contribution in [0.5, 0.6) is 0 Å². The normalized spacial score (nSPS) is 15.0. The summed E-state index contributed by atoms with van der Waals surface area (Å²) >= 11 is 0. The molecule has 0 aromatic heterocycles. The van der Waals surface area contributed by atoms with Crippen molar-refractivity contribution in [3.63, 3.8) is 0 Å². The highest BCUT2D eigenvalue weighted by molar-refractivity contribution is 5.93. The number of nitrogens with two attached hydrogens (primary N) is 1. The van der Waals surface area contributed by atoms with Crippen molar-refractivity contribution in [3.8, 4) is 0 Å². The van der Waals surface area contributed by atoms with E-state index in [9.17, 15) is 14.4 Å². The minimum atomic E-state index is -0.788. The van der Waals surface area contributed by atoms with Crippen LogP contribution in [0.25, 0.3) is 0 Å². The van der Waals surface area contributed by atoms with Gasteiger partial charge in [0.25, 0.3) is 0 Å². The molecule has 3 atom stereocenters. The number of aliphatic hydroxyl groups excluding tert-OH is 1. The number of hydrogen-bond donors (Lipinski definition) is 5. The number of aliphatic hydroxyl groups is 1. The Bertz CT molecular complexity index is 452. The Balaban J connectivity index is 5.07. The van der Waals surface area contributed by atoms with E-state index in [2.05, 4.69) is 16.0 Å². The van der Waals surface area contributed by atoms with Crippen molar-refractivity contribution in [2.75, 3.05) is 13.2 Å². The van der Waals surface area contributed by atoms with Gasteiger partial charge in [-0.1, -0.05) is 41.5 Å². The Labute approximate surface area is 150 Å². The molecule has 0 saturated heterocycles. The largest absolute Gasteiger partial charge is 0.395 e. The van der Waals surface area contributed by atoms with Crippen LogP contribution in [-0.4, -0.2) is 54.1 Å². The van der Waals surface area contributed by atoms with Gasteiger partial charge in [-0.05, 0) is 17.8 Å². The second-order valence-corrected chi connectivity index (χ2v) is 7.24. The van der Waals surface area contributed by atoms with Crippen molar-refractivity contribution in [1.82, 2.24) is 16.0 Å². The summed E-state index contributed by atoms with van der Waals surface area (Å²) in [5, 5.41) is 16.7. The minimum Gasteiger partial charge on any atom is -0.395 e. The number of nitrogens with one attached hydrogen (secondary N) is 3. The molecule has 0 unspecified atom stereocenters. The van der Waals surface area contributed by atoms with Gasteiger partial charge in [-0.3, -0.25) is 14.4 Å². The van der Waals surface area contributed by atoms with Gasteiger partial charge in [0.05, 0.1) is 12.6 Å². The van der Waals surface area contributed by atoms with E-state index in [0.29, 0.717) is 0 Å². The zero-order valence-electron chi connectivity index (χ0n) is 16.1. The maximum absolute atomic E-state index is 12.6. The standard InChI is InChI=1S/C17H34N4O4/c1-9(2)12(18)15(23)20-14(11(5)6)17(25)21-13(10(3)4)16(24)19-7-8-22/h9-14,22H,7-8,18H2,1-6H3,(H,19,24)(H,20,23)(H,21,25)/t12-,13-,14-/m0/s1. The predicted molar refractivity (Wildman–Crippen MR) is 96.4 cm³/mol. The Hall–Kier alpha value is -1.67. The molecule has 0 fully saturated rings. The van der Waals surface area contributed by atoms with E-state index in [1.807, 2.05) is 27.7 Å². The number of amides is 3. The zero-order chi connectivity index (χ0) is 19.7. The molecule has 8 heteroatoms.